The van der Waals surface area contributed by atoms with Gasteiger partial charge in [0.2, 0.25) is 5.91 Å². The van der Waals surface area contributed by atoms with Crippen LogP contribution in [-0.2, 0) is 11.2 Å². The van der Waals surface area contributed by atoms with Gasteiger partial charge in [0, 0.05) is 12.5 Å². The van der Waals surface area contributed by atoms with Crippen molar-refractivity contribution in [1.82, 2.24) is 4.98 Å². The fraction of sp³-hybridized carbons (Fsp3) is 0.294. The number of aromatic nitrogens is 1. The summed E-state index contributed by atoms with van der Waals surface area (Å²) in [6.45, 7) is 0.715. The van der Waals surface area contributed by atoms with E-state index >= 15 is 0 Å². The van der Waals surface area contributed by atoms with Crippen LogP contribution in [0.2, 0.25) is 0 Å². The number of nitrogens with zero attached hydrogens (tertiary/aromatic N) is 1. The average Bonchev–Trinajstić information content (AvgIpc) is 3.36. The lowest BCUT2D eigenvalue weighted by atomic mass is 10.1. The maximum absolute atomic E-state index is 12.8. The second-order valence-corrected chi connectivity index (χ2v) is 5.50. The van der Waals surface area contributed by atoms with Crippen LogP contribution in [0.3, 0.4) is 0 Å². The lowest BCUT2D eigenvalue weighted by Gasteiger charge is -2.07. The highest BCUT2D eigenvalue weighted by Crippen LogP contribution is 2.30. The Morgan fingerprint density at radius 1 is 1.18 bits per heavy atom. The molecule has 0 radical (unpaired) electrons. The van der Waals surface area contributed by atoms with E-state index in [1.807, 2.05) is 12.1 Å². The number of nitrogens with one attached hydrogen (secondary N) is 2. The number of hydrogen-bond donors (Lipinski definition) is 2. The molecule has 0 spiro atoms. The Hall–Kier alpha value is -2.43. The molecule has 1 fully saturated rings. The molecule has 0 saturated heterocycles. The van der Waals surface area contributed by atoms with Crippen molar-refractivity contribution in [2.75, 3.05) is 17.2 Å². The van der Waals surface area contributed by atoms with E-state index in [1.165, 1.54) is 12.1 Å². The molecule has 5 heteroatoms. The molecule has 0 atom stereocenters. The quantitative estimate of drug-likeness (QED) is 0.861. The first-order chi connectivity index (χ1) is 10.7. The van der Waals surface area contributed by atoms with Crippen molar-refractivity contribution >= 4 is 17.4 Å². The van der Waals surface area contributed by atoms with E-state index in [2.05, 4.69) is 15.6 Å². The molecule has 2 aromatic rings. The average molecular weight is 299 g/mol. The number of anilines is 2. The standard InChI is InChI=1S/C17H18FN3O/c18-14-5-1-12(2-6-14)9-10-19-16-8-7-15(11-20-16)21-17(22)13-3-4-13/h1-2,5-8,11,13H,3-4,9-10H2,(H,19,20)(H,21,22). The third-order valence-electron chi connectivity index (χ3n) is 3.61. The molecule has 1 amide bonds. The molecule has 1 aromatic carbocycles. The Labute approximate surface area is 128 Å². The van der Waals surface area contributed by atoms with Crippen LogP contribution in [0, 0.1) is 11.7 Å². The van der Waals surface area contributed by atoms with Gasteiger partial charge in [-0.2, -0.15) is 0 Å². The van der Waals surface area contributed by atoms with Gasteiger partial charge in [0.05, 0.1) is 11.9 Å². The summed E-state index contributed by atoms with van der Waals surface area (Å²) in [6, 6.07) is 10.2. The molecule has 4 nitrogen and oxygen atoms in total. The largest absolute Gasteiger partial charge is 0.370 e. The fourth-order valence-electron chi connectivity index (χ4n) is 2.15. The zero-order valence-electron chi connectivity index (χ0n) is 12.2. The Balaban J connectivity index is 1.46. The second kappa shape index (κ2) is 6.56. The summed E-state index contributed by atoms with van der Waals surface area (Å²) in [5.41, 5.74) is 1.79. The van der Waals surface area contributed by atoms with Crippen molar-refractivity contribution in [3.8, 4) is 0 Å². The Morgan fingerprint density at radius 3 is 2.59 bits per heavy atom. The molecule has 0 bridgehead atoms. The summed E-state index contributed by atoms with van der Waals surface area (Å²) >= 11 is 0. The highest BCUT2D eigenvalue weighted by atomic mass is 19.1. The minimum atomic E-state index is -0.220. The number of pyridine rings is 1. The summed E-state index contributed by atoms with van der Waals surface area (Å²) in [6.07, 6.45) is 4.42. The zero-order valence-corrected chi connectivity index (χ0v) is 12.2. The minimum Gasteiger partial charge on any atom is -0.370 e. The van der Waals surface area contributed by atoms with Crippen LogP contribution >= 0.6 is 0 Å². The number of carbonyl (C=O) groups excluding carboxylic acids is 1. The molecule has 1 saturated carbocycles. The fourth-order valence-corrected chi connectivity index (χ4v) is 2.15. The summed E-state index contributed by atoms with van der Waals surface area (Å²) < 4.78 is 12.8. The van der Waals surface area contributed by atoms with Crippen molar-refractivity contribution < 1.29 is 9.18 Å². The van der Waals surface area contributed by atoms with Crippen molar-refractivity contribution in [2.45, 2.75) is 19.3 Å². The van der Waals surface area contributed by atoms with Gasteiger partial charge in [-0.3, -0.25) is 4.79 Å². The lowest BCUT2D eigenvalue weighted by Crippen LogP contribution is -2.13. The highest BCUT2D eigenvalue weighted by Gasteiger charge is 2.29. The van der Waals surface area contributed by atoms with Crippen LogP contribution in [-0.4, -0.2) is 17.4 Å². The molecule has 0 unspecified atom stereocenters. The van der Waals surface area contributed by atoms with E-state index in [0.29, 0.717) is 6.54 Å². The van der Waals surface area contributed by atoms with Crippen LogP contribution in [0.1, 0.15) is 18.4 Å². The van der Waals surface area contributed by atoms with Crippen molar-refractivity contribution in [3.63, 3.8) is 0 Å². The summed E-state index contributed by atoms with van der Waals surface area (Å²) in [5, 5.41) is 6.06. The molecule has 1 heterocycles. The van der Waals surface area contributed by atoms with Gasteiger partial charge in [0.1, 0.15) is 11.6 Å². The van der Waals surface area contributed by atoms with Crippen molar-refractivity contribution in [3.05, 3.63) is 54.0 Å². The van der Waals surface area contributed by atoms with Gasteiger partial charge in [0.15, 0.2) is 0 Å². The molecule has 1 aliphatic rings. The molecule has 2 N–H and O–H groups in total. The van der Waals surface area contributed by atoms with Crippen molar-refractivity contribution in [1.29, 1.82) is 0 Å². The molecule has 1 aliphatic carbocycles. The van der Waals surface area contributed by atoms with Gasteiger partial charge in [-0.1, -0.05) is 12.1 Å². The maximum Gasteiger partial charge on any atom is 0.227 e. The van der Waals surface area contributed by atoms with Gasteiger partial charge >= 0.3 is 0 Å². The summed E-state index contributed by atoms with van der Waals surface area (Å²) in [7, 11) is 0. The minimum absolute atomic E-state index is 0.0822. The van der Waals surface area contributed by atoms with E-state index in [4.69, 9.17) is 0 Å². The maximum atomic E-state index is 12.8. The third kappa shape index (κ3) is 4.04. The van der Waals surface area contributed by atoms with Gasteiger partial charge in [0.25, 0.3) is 0 Å². The Morgan fingerprint density at radius 2 is 1.95 bits per heavy atom. The van der Waals surface area contributed by atoms with Gasteiger partial charge in [-0.05, 0) is 49.1 Å². The highest BCUT2D eigenvalue weighted by molar-refractivity contribution is 5.93. The second-order valence-electron chi connectivity index (χ2n) is 5.50. The number of benzene rings is 1. The van der Waals surface area contributed by atoms with Crippen LogP contribution in [0.4, 0.5) is 15.9 Å². The van der Waals surface area contributed by atoms with Gasteiger partial charge in [-0.25, -0.2) is 9.37 Å². The first-order valence-electron chi connectivity index (χ1n) is 7.46. The summed E-state index contributed by atoms with van der Waals surface area (Å²) in [4.78, 5) is 15.9. The number of hydrogen-bond acceptors (Lipinski definition) is 3. The first-order valence-corrected chi connectivity index (χ1v) is 7.46. The lowest BCUT2D eigenvalue weighted by molar-refractivity contribution is -0.117. The predicted octanol–water partition coefficient (Wildman–Crippen LogP) is 3.22. The van der Waals surface area contributed by atoms with Crippen LogP contribution in [0.15, 0.2) is 42.6 Å². The van der Waals surface area contributed by atoms with Crippen LogP contribution < -0.4 is 10.6 Å². The van der Waals surface area contributed by atoms with E-state index in [1.54, 1.807) is 18.3 Å². The topological polar surface area (TPSA) is 54.0 Å². The molecule has 3 rings (SSSR count). The number of rotatable bonds is 6. The van der Waals surface area contributed by atoms with E-state index in [9.17, 15) is 9.18 Å². The van der Waals surface area contributed by atoms with Crippen molar-refractivity contribution in [2.24, 2.45) is 5.92 Å². The van der Waals surface area contributed by atoms with E-state index < -0.39 is 0 Å². The molecule has 1 aromatic heterocycles. The molecular formula is C17H18FN3O. The Bertz CT molecular complexity index is 636. The van der Waals surface area contributed by atoms with Crippen LogP contribution in [0.25, 0.3) is 0 Å². The molecule has 114 valence electrons. The molecular weight excluding hydrogens is 281 g/mol. The van der Waals surface area contributed by atoms with Crippen LogP contribution in [0.5, 0.6) is 0 Å². The van der Waals surface area contributed by atoms with Gasteiger partial charge in [-0.15, -0.1) is 0 Å². The summed E-state index contributed by atoms with van der Waals surface area (Å²) in [5.74, 6) is 0.807. The van der Waals surface area contributed by atoms with Gasteiger partial charge < -0.3 is 10.6 Å². The number of carbonyl (C=O) groups is 1. The number of halogens is 1. The predicted molar refractivity (Wildman–Crippen MR) is 84.2 cm³/mol. The SMILES string of the molecule is O=C(Nc1ccc(NCCc2ccc(F)cc2)nc1)C1CC1. The number of amides is 1. The van der Waals surface area contributed by atoms with E-state index in [0.717, 1.165) is 36.3 Å². The first kappa shape index (κ1) is 14.5. The molecule has 22 heavy (non-hydrogen) atoms. The normalized spacial score (nSPS) is 13.7. The smallest absolute Gasteiger partial charge is 0.227 e. The zero-order chi connectivity index (χ0) is 15.4. The van der Waals surface area contributed by atoms with E-state index in [-0.39, 0.29) is 17.6 Å². The monoisotopic (exact) mass is 299 g/mol. The third-order valence-corrected chi connectivity index (χ3v) is 3.61. The Kier molecular flexibility index (Phi) is 4.32. The molecule has 0 aliphatic heterocycles.